The first-order valence-electron chi connectivity index (χ1n) is 12.9. The number of alkyl halides is 3. The van der Waals surface area contributed by atoms with Crippen LogP contribution in [0, 0.1) is 17.5 Å². The lowest BCUT2D eigenvalue weighted by atomic mass is 9.86. The van der Waals surface area contributed by atoms with Gasteiger partial charge in [0.1, 0.15) is 29.7 Å². The maximum absolute atomic E-state index is 14.2. The molecule has 0 unspecified atom stereocenters. The third-order valence-corrected chi connectivity index (χ3v) is 6.65. The van der Waals surface area contributed by atoms with Gasteiger partial charge in [0, 0.05) is 30.2 Å². The van der Waals surface area contributed by atoms with Crippen LogP contribution in [0.3, 0.4) is 0 Å². The van der Waals surface area contributed by atoms with Crippen LogP contribution in [-0.4, -0.2) is 26.5 Å². The van der Waals surface area contributed by atoms with Crippen LogP contribution in [0.15, 0.2) is 60.8 Å². The highest BCUT2D eigenvalue weighted by atomic mass is 19.4. The number of halogens is 6. The Balaban J connectivity index is 1.75. The average molecular weight is 589 g/mol. The lowest BCUT2D eigenvalue weighted by molar-refractivity contribution is -0.144. The second kappa shape index (κ2) is 12.2. The molecule has 0 radical (unpaired) electrons. The highest BCUT2D eigenvalue weighted by molar-refractivity contribution is 5.94. The number of benzene rings is 2. The fourth-order valence-corrected chi connectivity index (χ4v) is 4.72. The van der Waals surface area contributed by atoms with E-state index in [1.165, 1.54) is 18.3 Å². The quantitative estimate of drug-likeness (QED) is 0.212. The van der Waals surface area contributed by atoms with Crippen LogP contribution in [0.2, 0.25) is 0 Å². The van der Waals surface area contributed by atoms with Crippen molar-refractivity contribution in [3.8, 4) is 11.1 Å². The zero-order valence-electron chi connectivity index (χ0n) is 22.6. The second-order valence-electron chi connectivity index (χ2n) is 10.2. The van der Waals surface area contributed by atoms with Crippen molar-refractivity contribution in [2.75, 3.05) is 0 Å². The van der Waals surface area contributed by atoms with E-state index in [0.717, 1.165) is 24.3 Å². The Morgan fingerprint density at radius 2 is 1.67 bits per heavy atom. The van der Waals surface area contributed by atoms with Gasteiger partial charge in [-0.3, -0.25) is 19.3 Å². The lowest BCUT2D eigenvalue weighted by Gasteiger charge is -2.20. The van der Waals surface area contributed by atoms with E-state index in [1.807, 2.05) is 0 Å². The largest absolute Gasteiger partial charge is 0.433 e. The molecule has 6 nitrogen and oxygen atoms in total. The molecule has 0 aliphatic carbocycles. The van der Waals surface area contributed by atoms with Crippen molar-refractivity contribution in [3.05, 3.63) is 106 Å². The van der Waals surface area contributed by atoms with E-state index in [4.69, 9.17) is 5.73 Å². The smallest absolute Gasteiger partial charge is 0.366 e. The van der Waals surface area contributed by atoms with Crippen LogP contribution in [0.25, 0.3) is 11.1 Å². The van der Waals surface area contributed by atoms with E-state index in [1.54, 1.807) is 26.0 Å². The molecule has 2 aromatic heterocycles. The molecule has 220 valence electrons. The third-order valence-electron chi connectivity index (χ3n) is 6.65. The van der Waals surface area contributed by atoms with Crippen molar-refractivity contribution in [1.82, 2.24) is 14.8 Å². The fraction of sp³-hybridized carbons (Fsp3) is 0.267. The van der Waals surface area contributed by atoms with Gasteiger partial charge in [-0.15, -0.1) is 0 Å². The lowest BCUT2D eigenvalue weighted by Crippen LogP contribution is -2.21. The molecule has 0 spiro atoms. The van der Waals surface area contributed by atoms with Crippen LogP contribution in [-0.2, 0) is 23.9 Å². The molecule has 0 fully saturated rings. The fourth-order valence-electron chi connectivity index (χ4n) is 4.72. The van der Waals surface area contributed by atoms with Crippen molar-refractivity contribution >= 4 is 11.7 Å². The summed E-state index contributed by atoms with van der Waals surface area (Å²) in [5.41, 5.74) is 5.11. The summed E-state index contributed by atoms with van der Waals surface area (Å²) in [5, 5.41) is 3.98. The minimum atomic E-state index is -4.76. The number of nitrogens with zero attached hydrogens (tertiary/aromatic N) is 3. The minimum absolute atomic E-state index is 0.114. The number of primary amides is 1. The zero-order chi connectivity index (χ0) is 30.8. The number of hydrogen-bond donors (Lipinski definition) is 1. The first-order valence-corrected chi connectivity index (χ1v) is 12.9. The normalized spacial score (nSPS) is 12.5. The van der Waals surface area contributed by atoms with E-state index >= 15 is 0 Å². The first kappa shape index (κ1) is 30.5. The van der Waals surface area contributed by atoms with Crippen LogP contribution in [0.5, 0.6) is 0 Å². The average Bonchev–Trinajstić information content (AvgIpc) is 3.33. The molecule has 42 heavy (non-hydrogen) atoms. The van der Waals surface area contributed by atoms with Gasteiger partial charge in [-0.05, 0) is 59.9 Å². The van der Waals surface area contributed by atoms with Crippen LogP contribution < -0.4 is 5.73 Å². The number of aromatic nitrogens is 3. The summed E-state index contributed by atoms with van der Waals surface area (Å²) in [5.74, 6) is -5.42. The van der Waals surface area contributed by atoms with Gasteiger partial charge in [-0.25, -0.2) is 13.2 Å². The molecule has 0 saturated heterocycles. The Morgan fingerprint density at radius 1 is 0.976 bits per heavy atom. The van der Waals surface area contributed by atoms with Gasteiger partial charge in [-0.1, -0.05) is 26.0 Å². The Bertz CT molecular complexity index is 1610. The summed E-state index contributed by atoms with van der Waals surface area (Å²) in [7, 11) is 0. The summed E-state index contributed by atoms with van der Waals surface area (Å²) in [6, 6.07) is 10.5. The van der Waals surface area contributed by atoms with Gasteiger partial charge in [0.25, 0.3) is 5.91 Å². The zero-order valence-corrected chi connectivity index (χ0v) is 22.6. The molecular formula is C30H26F6N4O2. The number of pyridine rings is 1. The van der Waals surface area contributed by atoms with E-state index < -0.39 is 53.5 Å². The molecule has 4 rings (SSSR count). The SMILES string of the molecule is CC(C)c1cc(C(F)(F)F)n(CC(=O)C[C@@H](Cc2cc(F)cc(F)c2)c2ncccc2-c2ccc(F)c(C(N)=O)c2)n1. The standard InChI is InChI=1S/C30H26F6N4O2/c1-16(2)26-14-27(30(34,35)36)40(39-26)15-22(41)11-19(8-17-9-20(31)13-21(32)10-17)28-23(4-3-7-38-28)18-5-6-25(33)24(12-18)29(37)42/h3-7,9-10,12-14,16,19H,8,11,15H2,1-2H3,(H2,37,42)/t19-/m1/s1. The van der Waals surface area contributed by atoms with Crippen molar-refractivity contribution in [2.45, 2.75) is 51.2 Å². The minimum Gasteiger partial charge on any atom is -0.366 e. The highest BCUT2D eigenvalue weighted by Crippen LogP contribution is 2.35. The van der Waals surface area contributed by atoms with E-state index in [9.17, 15) is 35.9 Å². The Labute approximate surface area is 237 Å². The first-order chi connectivity index (χ1) is 19.7. The molecular weight excluding hydrogens is 562 g/mol. The number of nitrogens with two attached hydrogens (primary N) is 1. The van der Waals surface area contributed by atoms with Gasteiger partial charge in [-0.2, -0.15) is 18.3 Å². The number of rotatable bonds is 10. The molecule has 4 aromatic rings. The van der Waals surface area contributed by atoms with E-state index in [0.29, 0.717) is 21.9 Å². The third kappa shape index (κ3) is 7.04. The molecule has 12 heteroatoms. The summed E-state index contributed by atoms with van der Waals surface area (Å²) in [4.78, 5) is 29.4. The summed E-state index contributed by atoms with van der Waals surface area (Å²) < 4.78 is 84.0. The van der Waals surface area contributed by atoms with Crippen LogP contribution >= 0.6 is 0 Å². The molecule has 1 atom stereocenters. The Kier molecular flexibility index (Phi) is 8.83. The topological polar surface area (TPSA) is 90.9 Å². The molecule has 2 heterocycles. The number of hydrogen-bond acceptors (Lipinski definition) is 4. The number of amides is 1. The van der Waals surface area contributed by atoms with Gasteiger partial charge in [0.05, 0.1) is 17.0 Å². The van der Waals surface area contributed by atoms with Gasteiger partial charge >= 0.3 is 6.18 Å². The van der Waals surface area contributed by atoms with E-state index in [2.05, 4.69) is 10.1 Å². The van der Waals surface area contributed by atoms with Gasteiger partial charge < -0.3 is 5.73 Å². The van der Waals surface area contributed by atoms with Crippen molar-refractivity contribution < 1.29 is 35.9 Å². The van der Waals surface area contributed by atoms with Crippen molar-refractivity contribution in [3.63, 3.8) is 0 Å². The Hall–Kier alpha value is -4.48. The maximum Gasteiger partial charge on any atom is 0.433 e. The molecule has 0 aliphatic heterocycles. The number of Topliss-reactive ketones (excluding diaryl/α,β-unsaturated/α-hetero) is 1. The van der Waals surface area contributed by atoms with Crippen LogP contribution in [0.4, 0.5) is 26.3 Å². The molecule has 2 N–H and O–H groups in total. The molecule has 1 amide bonds. The van der Waals surface area contributed by atoms with Crippen molar-refractivity contribution in [1.29, 1.82) is 0 Å². The second-order valence-corrected chi connectivity index (χ2v) is 10.2. The predicted octanol–water partition coefficient (Wildman–Crippen LogP) is 6.59. The predicted molar refractivity (Wildman–Crippen MR) is 142 cm³/mol. The monoisotopic (exact) mass is 588 g/mol. The number of carbonyl (C=O) groups excluding carboxylic acids is 2. The summed E-state index contributed by atoms with van der Waals surface area (Å²) in [6.45, 7) is 2.63. The molecule has 2 aromatic carbocycles. The highest BCUT2D eigenvalue weighted by Gasteiger charge is 2.37. The molecule has 0 saturated carbocycles. The van der Waals surface area contributed by atoms with Crippen molar-refractivity contribution in [2.24, 2.45) is 5.73 Å². The molecule has 0 bridgehead atoms. The number of carbonyl (C=O) groups is 2. The van der Waals surface area contributed by atoms with Crippen LogP contribution in [0.1, 0.15) is 65.1 Å². The molecule has 0 aliphatic rings. The summed E-state index contributed by atoms with van der Waals surface area (Å²) in [6.07, 6.45) is -3.84. The maximum atomic E-state index is 14.2. The Morgan fingerprint density at radius 3 is 2.29 bits per heavy atom. The van der Waals surface area contributed by atoms with Gasteiger partial charge in [0.2, 0.25) is 0 Å². The number of ketones is 1. The van der Waals surface area contributed by atoms with Gasteiger partial charge in [0.15, 0.2) is 5.78 Å². The summed E-state index contributed by atoms with van der Waals surface area (Å²) >= 11 is 0. The van der Waals surface area contributed by atoms with E-state index in [-0.39, 0.29) is 41.3 Å².